The molecule has 1 atom stereocenters. The van der Waals surface area contributed by atoms with E-state index in [-0.39, 0.29) is 5.60 Å². The molecule has 0 saturated heterocycles. The van der Waals surface area contributed by atoms with Gasteiger partial charge in [-0.1, -0.05) is 17.7 Å². The van der Waals surface area contributed by atoms with Crippen molar-refractivity contribution >= 4 is 8.53 Å². The Morgan fingerprint density at radius 2 is 1.26 bits per heavy atom. The molecule has 0 aromatic heterocycles. The third-order valence-corrected chi connectivity index (χ3v) is 7.60. The lowest BCUT2D eigenvalue weighted by atomic mass is 9.90. The average molecular weight is 444 g/mol. The highest BCUT2D eigenvalue weighted by Crippen LogP contribution is 2.50. The van der Waals surface area contributed by atoms with Gasteiger partial charge in [0.25, 0.3) is 0 Å². The van der Waals surface area contributed by atoms with E-state index in [0.717, 1.165) is 11.3 Å². The van der Waals surface area contributed by atoms with Crippen LogP contribution >= 0.6 is 8.53 Å². The molecule has 0 N–H and O–H groups in total. The number of rotatable bonds is 7. The van der Waals surface area contributed by atoms with Gasteiger partial charge in [-0.3, -0.25) is 0 Å². The lowest BCUT2D eigenvalue weighted by Crippen LogP contribution is -2.36. The van der Waals surface area contributed by atoms with E-state index in [2.05, 4.69) is 112 Å². The minimum atomic E-state index is -1.24. The van der Waals surface area contributed by atoms with Crippen molar-refractivity contribution in [1.29, 1.82) is 0 Å². The largest absolute Gasteiger partial charge is 0.435 e. The Morgan fingerprint density at radius 1 is 0.742 bits per heavy atom. The second-order valence-electron chi connectivity index (χ2n) is 10.3. The van der Waals surface area contributed by atoms with Crippen LogP contribution in [0.25, 0.3) is 11.1 Å². The number of aryl methyl sites for hydroxylation is 5. The lowest BCUT2D eigenvalue weighted by molar-refractivity contribution is 0.105. The molecule has 0 bridgehead atoms. The number of hydrogen-bond donors (Lipinski definition) is 0. The van der Waals surface area contributed by atoms with E-state index in [9.17, 15) is 0 Å². The van der Waals surface area contributed by atoms with E-state index in [1.54, 1.807) is 0 Å². The maximum atomic E-state index is 6.63. The van der Waals surface area contributed by atoms with E-state index in [1.807, 2.05) is 0 Å². The van der Waals surface area contributed by atoms with E-state index in [4.69, 9.17) is 9.05 Å². The fourth-order valence-corrected chi connectivity index (χ4v) is 5.98. The Labute approximate surface area is 192 Å². The maximum absolute atomic E-state index is 6.63. The summed E-state index contributed by atoms with van der Waals surface area (Å²) >= 11 is 0. The summed E-state index contributed by atoms with van der Waals surface area (Å²) in [7, 11) is -1.24. The molecular weight excluding hydrogens is 401 g/mol. The minimum Gasteiger partial charge on any atom is -0.435 e. The van der Waals surface area contributed by atoms with Crippen LogP contribution < -0.4 is 4.52 Å². The van der Waals surface area contributed by atoms with Crippen LogP contribution in [0.3, 0.4) is 0 Å². The maximum Gasteiger partial charge on any atom is 0.322 e. The summed E-state index contributed by atoms with van der Waals surface area (Å²) in [5.74, 6) is 0.908. The molecule has 3 nitrogen and oxygen atoms in total. The van der Waals surface area contributed by atoms with Crippen molar-refractivity contribution in [3.8, 4) is 16.9 Å². The van der Waals surface area contributed by atoms with Crippen molar-refractivity contribution in [3.05, 3.63) is 52.1 Å². The second kappa shape index (κ2) is 10.0. The first-order valence-electron chi connectivity index (χ1n) is 11.4. The molecule has 0 aliphatic heterocycles. The molecule has 1 unspecified atom stereocenters. The van der Waals surface area contributed by atoms with Gasteiger partial charge in [-0.25, -0.2) is 4.67 Å². The Kier molecular flexibility index (Phi) is 8.36. The van der Waals surface area contributed by atoms with Crippen molar-refractivity contribution in [2.24, 2.45) is 0 Å². The smallest absolute Gasteiger partial charge is 0.322 e. The van der Waals surface area contributed by atoms with Crippen LogP contribution in [0.4, 0.5) is 0 Å². The summed E-state index contributed by atoms with van der Waals surface area (Å²) in [4.78, 5) is 0. The van der Waals surface area contributed by atoms with Crippen LogP contribution in [0.2, 0.25) is 0 Å². The van der Waals surface area contributed by atoms with E-state index in [1.165, 1.54) is 33.4 Å². The predicted octanol–water partition coefficient (Wildman–Crippen LogP) is 8.44. The highest BCUT2D eigenvalue weighted by atomic mass is 31.2. The quantitative estimate of drug-likeness (QED) is 0.401. The van der Waals surface area contributed by atoms with Gasteiger partial charge in [0.15, 0.2) is 0 Å². The normalized spacial score (nSPS) is 13.4. The van der Waals surface area contributed by atoms with Gasteiger partial charge in [-0.05, 0) is 129 Å². The lowest BCUT2D eigenvalue weighted by Gasteiger charge is -2.38. The van der Waals surface area contributed by atoms with Gasteiger partial charge in [-0.2, -0.15) is 0 Å². The van der Waals surface area contributed by atoms with Crippen molar-refractivity contribution < 1.29 is 9.05 Å². The molecule has 0 saturated carbocycles. The van der Waals surface area contributed by atoms with Gasteiger partial charge < -0.3 is 9.05 Å². The number of nitrogens with zero attached hydrogens (tertiary/aromatic N) is 1. The molecule has 0 radical (unpaired) electrons. The van der Waals surface area contributed by atoms with Crippen LogP contribution in [0.5, 0.6) is 5.75 Å². The Balaban J connectivity index is 2.50. The fourth-order valence-electron chi connectivity index (χ4n) is 4.17. The summed E-state index contributed by atoms with van der Waals surface area (Å²) in [5, 5.41) is 0. The van der Waals surface area contributed by atoms with Crippen LogP contribution in [-0.4, -0.2) is 22.4 Å². The van der Waals surface area contributed by atoms with Gasteiger partial charge >= 0.3 is 8.53 Å². The molecule has 0 fully saturated rings. The van der Waals surface area contributed by atoms with Crippen molar-refractivity contribution in [3.63, 3.8) is 0 Å². The topological polar surface area (TPSA) is 21.7 Å². The first-order valence-corrected chi connectivity index (χ1v) is 12.5. The van der Waals surface area contributed by atoms with Gasteiger partial charge in [0.2, 0.25) is 0 Å². The third-order valence-electron chi connectivity index (χ3n) is 5.24. The first-order chi connectivity index (χ1) is 14.2. The summed E-state index contributed by atoms with van der Waals surface area (Å²) in [6.45, 7) is 26.0. The third kappa shape index (κ3) is 6.54. The zero-order valence-corrected chi connectivity index (χ0v) is 22.6. The molecule has 4 heteroatoms. The van der Waals surface area contributed by atoms with Crippen LogP contribution in [0.1, 0.15) is 76.3 Å². The Bertz CT molecular complexity index is 881. The molecule has 0 spiro atoms. The molecule has 0 heterocycles. The molecular formula is C27H42NO2P. The SMILES string of the molecule is Cc1cc(C)c(-c2cc(C)c(OP(OC(C)(C)C)N(C(C)C)C(C)C)cc2C)c(C)c1. The van der Waals surface area contributed by atoms with Gasteiger partial charge in [0.1, 0.15) is 5.75 Å². The molecule has 0 aliphatic rings. The monoisotopic (exact) mass is 443 g/mol. The molecule has 0 amide bonds. The molecule has 0 aliphatic carbocycles. The van der Waals surface area contributed by atoms with Crippen LogP contribution in [0, 0.1) is 34.6 Å². The van der Waals surface area contributed by atoms with E-state index in [0.29, 0.717) is 12.1 Å². The molecule has 2 aromatic rings. The summed E-state index contributed by atoms with van der Waals surface area (Å²) in [5.41, 5.74) is 8.63. The number of hydrogen-bond acceptors (Lipinski definition) is 3. The van der Waals surface area contributed by atoms with Crippen molar-refractivity contribution in [2.45, 2.75) is 101 Å². The van der Waals surface area contributed by atoms with E-state index >= 15 is 0 Å². The molecule has 2 rings (SSSR count). The van der Waals surface area contributed by atoms with Crippen molar-refractivity contribution in [2.75, 3.05) is 0 Å². The zero-order valence-electron chi connectivity index (χ0n) is 21.7. The highest BCUT2D eigenvalue weighted by molar-refractivity contribution is 7.45. The van der Waals surface area contributed by atoms with Crippen LogP contribution in [-0.2, 0) is 4.52 Å². The summed E-state index contributed by atoms with van der Waals surface area (Å²) < 4.78 is 15.4. The van der Waals surface area contributed by atoms with Gasteiger partial charge in [-0.15, -0.1) is 0 Å². The Morgan fingerprint density at radius 3 is 1.71 bits per heavy atom. The second-order valence-corrected chi connectivity index (χ2v) is 11.6. The zero-order chi connectivity index (χ0) is 23.7. The summed E-state index contributed by atoms with van der Waals surface area (Å²) in [6.07, 6.45) is 0. The molecule has 31 heavy (non-hydrogen) atoms. The average Bonchev–Trinajstić information content (AvgIpc) is 2.55. The fraction of sp³-hybridized carbons (Fsp3) is 0.556. The van der Waals surface area contributed by atoms with Crippen molar-refractivity contribution in [1.82, 2.24) is 4.67 Å². The minimum absolute atomic E-state index is 0.285. The first kappa shape index (κ1) is 25.8. The Hall–Kier alpha value is -1.41. The number of benzene rings is 2. The molecule has 172 valence electrons. The molecule has 2 aromatic carbocycles. The highest BCUT2D eigenvalue weighted by Gasteiger charge is 2.33. The van der Waals surface area contributed by atoms with Gasteiger partial charge in [0.05, 0.1) is 5.60 Å². The summed E-state index contributed by atoms with van der Waals surface area (Å²) in [6, 6.07) is 9.64. The standard InChI is InChI=1S/C27H42NO2P/c1-17(2)28(18(3)4)31(30-27(10,11)12)29-25-16-20(6)24(15-21(25)7)26-22(8)13-19(5)14-23(26)9/h13-18H,1-12H3. The van der Waals surface area contributed by atoms with Crippen LogP contribution in [0.15, 0.2) is 24.3 Å². The predicted molar refractivity (Wildman–Crippen MR) is 136 cm³/mol. The van der Waals surface area contributed by atoms with Gasteiger partial charge in [0, 0.05) is 12.1 Å². The van der Waals surface area contributed by atoms with E-state index < -0.39 is 8.53 Å².